The van der Waals surface area contributed by atoms with E-state index in [1.807, 2.05) is 0 Å². The average Bonchev–Trinajstić information content (AvgIpc) is 2.58. The first kappa shape index (κ1) is 18.4. The molecule has 0 radical (unpaired) electrons. The fourth-order valence-corrected chi connectivity index (χ4v) is 3.01. The molecule has 1 aromatic carbocycles. The van der Waals surface area contributed by atoms with E-state index in [-0.39, 0.29) is 19.4 Å². The smallest absolute Gasteiger partial charge is 0.408 e. The third-order valence-electron chi connectivity index (χ3n) is 4.30. The van der Waals surface area contributed by atoms with Crippen LogP contribution >= 0.6 is 0 Å². The van der Waals surface area contributed by atoms with Crippen molar-refractivity contribution in [2.45, 2.75) is 44.3 Å². The van der Waals surface area contributed by atoms with Gasteiger partial charge in [0.1, 0.15) is 17.5 Å². The molecule has 0 N–H and O–H groups in total. The second-order valence-electron chi connectivity index (χ2n) is 5.82. The lowest BCUT2D eigenvalue weighted by molar-refractivity contribution is -0.195. The Morgan fingerprint density at radius 3 is 2.62 bits per heavy atom. The summed E-state index contributed by atoms with van der Waals surface area (Å²) in [7, 11) is 3.04. The van der Waals surface area contributed by atoms with Gasteiger partial charge in [0, 0.05) is 19.0 Å². The van der Waals surface area contributed by atoms with Crippen molar-refractivity contribution in [2.24, 2.45) is 0 Å². The molecule has 1 fully saturated rings. The lowest BCUT2D eigenvalue weighted by Crippen LogP contribution is -2.51. The fourth-order valence-electron chi connectivity index (χ4n) is 3.01. The number of hydrogen-bond donors (Lipinski definition) is 0. The maximum Gasteiger partial charge on any atom is 0.408 e. The molecule has 0 saturated carbocycles. The molecule has 2 rings (SSSR count). The Hall–Kier alpha value is -1.92. The molecule has 24 heavy (non-hydrogen) atoms. The molecule has 1 aliphatic rings. The third kappa shape index (κ3) is 4.33. The van der Waals surface area contributed by atoms with Gasteiger partial charge in [-0.05, 0) is 37.3 Å². The van der Waals surface area contributed by atoms with E-state index in [0.29, 0.717) is 30.8 Å². The summed E-state index contributed by atoms with van der Waals surface area (Å²) in [6, 6.07) is 3.54. The highest BCUT2D eigenvalue weighted by molar-refractivity contribution is 5.77. The normalized spacial score (nSPS) is 18.4. The molecule has 1 heterocycles. The number of carbonyl (C=O) groups is 1. The van der Waals surface area contributed by atoms with E-state index >= 15 is 0 Å². The predicted molar refractivity (Wildman–Crippen MR) is 83.3 cm³/mol. The molecule has 1 amide bonds. The SMILES string of the molecule is COc1ccc(CCC(=O)N2CCCCC2C(F)(F)F)c(OC)c1. The van der Waals surface area contributed by atoms with Crippen molar-refractivity contribution in [3.8, 4) is 11.5 Å². The fraction of sp³-hybridized carbons (Fsp3) is 0.588. The highest BCUT2D eigenvalue weighted by atomic mass is 19.4. The van der Waals surface area contributed by atoms with Gasteiger partial charge in [0.2, 0.25) is 5.91 Å². The van der Waals surface area contributed by atoms with Crippen molar-refractivity contribution < 1.29 is 27.4 Å². The Bertz CT molecular complexity index is 575. The van der Waals surface area contributed by atoms with Crippen molar-refractivity contribution in [3.05, 3.63) is 23.8 Å². The van der Waals surface area contributed by atoms with Gasteiger partial charge in [-0.1, -0.05) is 6.07 Å². The number of carbonyl (C=O) groups excluding carboxylic acids is 1. The van der Waals surface area contributed by atoms with Gasteiger partial charge in [0.15, 0.2) is 0 Å². The number of hydrogen-bond acceptors (Lipinski definition) is 3. The second-order valence-corrected chi connectivity index (χ2v) is 5.82. The molecule has 4 nitrogen and oxygen atoms in total. The van der Waals surface area contributed by atoms with E-state index in [9.17, 15) is 18.0 Å². The number of likely N-dealkylation sites (tertiary alicyclic amines) is 1. The number of nitrogens with zero attached hydrogens (tertiary/aromatic N) is 1. The maximum atomic E-state index is 13.1. The first-order chi connectivity index (χ1) is 11.4. The monoisotopic (exact) mass is 345 g/mol. The van der Waals surface area contributed by atoms with E-state index in [2.05, 4.69) is 0 Å². The molecule has 1 unspecified atom stereocenters. The number of piperidine rings is 1. The zero-order chi connectivity index (χ0) is 17.7. The van der Waals surface area contributed by atoms with Crippen LogP contribution in [0.4, 0.5) is 13.2 Å². The minimum Gasteiger partial charge on any atom is -0.497 e. The van der Waals surface area contributed by atoms with Crippen molar-refractivity contribution in [1.29, 1.82) is 0 Å². The quantitative estimate of drug-likeness (QED) is 0.819. The Balaban J connectivity index is 2.04. The zero-order valence-corrected chi connectivity index (χ0v) is 13.9. The van der Waals surface area contributed by atoms with Gasteiger partial charge in [0.25, 0.3) is 0 Å². The number of halogens is 3. The lowest BCUT2D eigenvalue weighted by Gasteiger charge is -2.36. The summed E-state index contributed by atoms with van der Waals surface area (Å²) in [5.74, 6) is 0.721. The van der Waals surface area contributed by atoms with E-state index in [1.165, 1.54) is 14.2 Å². The summed E-state index contributed by atoms with van der Waals surface area (Å²) < 4.78 is 49.6. The zero-order valence-electron chi connectivity index (χ0n) is 13.9. The number of methoxy groups -OCH3 is 2. The van der Waals surface area contributed by atoms with Crippen LogP contribution in [-0.4, -0.2) is 43.8 Å². The van der Waals surface area contributed by atoms with Gasteiger partial charge in [0.05, 0.1) is 14.2 Å². The summed E-state index contributed by atoms with van der Waals surface area (Å²) in [5.41, 5.74) is 0.771. The number of alkyl halides is 3. The highest BCUT2D eigenvalue weighted by Crippen LogP contribution is 2.32. The lowest BCUT2D eigenvalue weighted by atomic mass is 10.00. The van der Waals surface area contributed by atoms with Crippen molar-refractivity contribution >= 4 is 5.91 Å². The molecule has 1 aromatic rings. The summed E-state index contributed by atoms with van der Waals surface area (Å²) >= 11 is 0. The first-order valence-corrected chi connectivity index (χ1v) is 7.94. The molecule has 1 atom stereocenters. The van der Waals surface area contributed by atoms with Gasteiger partial charge in [-0.15, -0.1) is 0 Å². The summed E-state index contributed by atoms with van der Waals surface area (Å²) in [6.07, 6.45) is -2.91. The van der Waals surface area contributed by atoms with Crippen molar-refractivity contribution in [3.63, 3.8) is 0 Å². The van der Waals surface area contributed by atoms with Crippen molar-refractivity contribution in [1.82, 2.24) is 4.90 Å². The van der Waals surface area contributed by atoms with E-state index in [1.54, 1.807) is 18.2 Å². The van der Waals surface area contributed by atoms with Crippen LogP contribution in [0, 0.1) is 0 Å². The molecule has 0 spiro atoms. The van der Waals surface area contributed by atoms with Crippen LogP contribution in [0.1, 0.15) is 31.2 Å². The summed E-state index contributed by atoms with van der Waals surface area (Å²) in [6.45, 7) is 0.169. The van der Waals surface area contributed by atoms with Crippen LogP contribution in [0.15, 0.2) is 18.2 Å². The standard InChI is InChI=1S/C17H22F3NO3/c1-23-13-8-6-12(14(11-13)24-2)7-9-16(22)21-10-4-3-5-15(21)17(18,19)20/h6,8,11,15H,3-5,7,9-10H2,1-2H3. The van der Waals surface area contributed by atoms with Crippen LogP contribution < -0.4 is 9.47 Å². The number of amides is 1. The van der Waals surface area contributed by atoms with E-state index in [4.69, 9.17) is 9.47 Å². The largest absolute Gasteiger partial charge is 0.497 e. The Kier molecular flexibility index (Phi) is 5.96. The van der Waals surface area contributed by atoms with Crippen molar-refractivity contribution in [2.75, 3.05) is 20.8 Å². The third-order valence-corrected chi connectivity index (χ3v) is 4.30. The minimum absolute atomic E-state index is 0.0128. The topological polar surface area (TPSA) is 38.8 Å². The van der Waals surface area contributed by atoms with Gasteiger partial charge in [-0.3, -0.25) is 4.79 Å². The molecule has 0 aromatic heterocycles. The molecule has 0 bridgehead atoms. The van der Waals surface area contributed by atoms with Crippen LogP contribution in [0.2, 0.25) is 0 Å². The Labute approximate surface area is 139 Å². The summed E-state index contributed by atoms with van der Waals surface area (Å²) in [4.78, 5) is 13.3. The average molecular weight is 345 g/mol. The highest BCUT2D eigenvalue weighted by Gasteiger charge is 2.45. The molecule has 134 valence electrons. The minimum atomic E-state index is -4.37. The molecular weight excluding hydrogens is 323 g/mol. The predicted octanol–water partition coefficient (Wildman–Crippen LogP) is 3.58. The number of ether oxygens (including phenoxy) is 2. The second kappa shape index (κ2) is 7.77. The molecule has 0 aliphatic carbocycles. The number of rotatable bonds is 5. The van der Waals surface area contributed by atoms with Gasteiger partial charge in [-0.2, -0.15) is 13.2 Å². The molecular formula is C17H22F3NO3. The Morgan fingerprint density at radius 2 is 2.00 bits per heavy atom. The maximum absolute atomic E-state index is 13.1. The van der Waals surface area contributed by atoms with Crippen LogP contribution in [0.3, 0.4) is 0 Å². The van der Waals surface area contributed by atoms with Gasteiger partial charge in [-0.25, -0.2) is 0 Å². The Morgan fingerprint density at radius 1 is 1.25 bits per heavy atom. The van der Waals surface area contributed by atoms with E-state index < -0.39 is 18.1 Å². The first-order valence-electron chi connectivity index (χ1n) is 7.94. The number of aryl methyl sites for hydroxylation is 1. The molecule has 1 aliphatic heterocycles. The van der Waals surface area contributed by atoms with Gasteiger partial charge >= 0.3 is 6.18 Å². The van der Waals surface area contributed by atoms with Crippen LogP contribution in [-0.2, 0) is 11.2 Å². The van der Waals surface area contributed by atoms with E-state index in [0.717, 1.165) is 10.5 Å². The van der Waals surface area contributed by atoms with Gasteiger partial charge < -0.3 is 14.4 Å². The summed E-state index contributed by atoms with van der Waals surface area (Å²) in [5, 5.41) is 0. The molecule has 1 saturated heterocycles. The van der Waals surface area contributed by atoms with Crippen LogP contribution in [0.5, 0.6) is 11.5 Å². The molecule has 7 heteroatoms. The van der Waals surface area contributed by atoms with Crippen LogP contribution in [0.25, 0.3) is 0 Å². The number of benzene rings is 1.